The number of hydrogen-bond donors (Lipinski definition) is 1. The molecule has 0 amide bonds. The van der Waals surface area contributed by atoms with E-state index >= 15 is 0 Å². The highest BCUT2D eigenvalue weighted by molar-refractivity contribution is 7.97. The summed E-state index contributed by atoms with van der Waals surface area (Å²) in [5.41, 5.74) is 0. The molecule has 0 saturated carbocycles. The van der Waals surface area contributed by atoms with Crippen molar-refractivity contribution in [2.24, 2.45) is 0 Å². The van der Waals surface area contributed by atoms with E-state index < -0.39 is 0 Å². The summed E-state index contributed by atoms with van der Waals surface area (Å²) in [6, 6.07) is 32.2. The van der Waals surface area contributed by atoms with Gasteiger partial charge in [-0.2, -0.15) is 0 Å². The van der Waals surface area contributed by atoms with Crippen LogP contribution in [0, 0.1) is 0 Å². The first-order chi connectivity index (χ1) is 12.9. The van der Waals surface area contributed by atoms with Crippen LogP contribution in [-0.2, 0) is 10.9 Å². The molecule has 1 fully saturated rings. The topological polar surface area (TPSA) is 23.5 Å². The van der Waals surface area contributed by atoms with Gasteiger partial charge >= 0.3 is 0 Å². The molecular formula is C22H24NOS2+. The Balaban J connectivity index is 0.000000236. The molecule has 0 unspecified atom stereocenters. The second kappa shape index (κ2) is 10.4. The number of rotatable bonds is 4. The van der Waals surface area contributed by atoms with Crippen molar-refractivity contribution in [3.05, 3.63) is 91.0 Å². The van der Waals surface area contributed by atoms with E-state index in [-0.39, 0.29) is 10.9 Å². The molecule has 1 saturated heterocycles. The molecule has 26 heavy (non-hydrogen) atoms. The standard InChI is InChI=1S/C18H15S.C4H9NOS/c1-4-10-16(11-5-1)19(17-12-6-2-7-13-17)18-14-8-3-9-15-18;6-7-5-3-1-2-4-5/h1-15H;6H,1-4H2/q+1;. The van der Waals surface area contributed by atoms with Crippen molar-refractivity contribution in [3.63, 3.8) is 0 Å². The van der Waals surface area contributed by atoms with Crippen LogP contribution >= 0.6 is 12.2 Å². The van der Waals surface area contributed by atoms with Gasteiger partial charge in [-0.3, -0.25) is 0 Å². The first-order valence-corrected chi connectivity index (χ1v) is 10.8. The van der Waals surface area contributed by atoms with Gasteiger partial charge in [0.1, 0.15) is 0 Å². The Kier molecular flexibility index (Phi) is 7.65. The Morgan fingerprint density at radius 1 is 0.615 bits per heavy atom. The van der Waals surface area contributed by atoms with Crippen LogP contribution in [-0.4, -0.2) is 21.9 Å². The van der Waals surface area contributed by atoms with E-state index in [2.05, 4.69) is 91.0 Å². The fraction of sp³-hybridized carbons (Fsp3) is 0.182. The van der Waals surface area contributed by atoms with Gasteiger partial charge in [-0.1, -0.05) is 54.6 Å². The summed E-state index contributed by atoms with van der Waals surface area (Å²) in [6.45, 7) is 2.11. The minimum Gasteiger partial charge on any atom is -0.317 e. The van der Waals surface area contributed by atoms with Gasteiger partial charge in [-0.05, 0) is 49.2 Å². The van der Waals surface area contributed by atoms with Crippen molar-refractivity contribution in [2.75, 3.05) is 13.1 Å². The van der Waals surface area contributed by atoms with Crippen LogP contribution in [0.4, 0.5) is 0 Å². The van der Waals surface area contributed by atoms with Crippen molar-refractivity contribution in [1.82, 2.24) is 4.31 Å². The second-order valence-electron chi connectivity index (χ2n) is 5.96. The summed E-state index contributed by atoms with van der Waals surface area (Å²) in [6.07, 6.45) is 2.49. The maximum atomic E-state index is 8.41. The molecule has 1 heterocycles. The van der Waals surface area contributed by atoms with Crippen LogP contribution in [0.2, 0.25) is 0 Å². The molecule has 0 atom stereocenters. The zero-order chi connectivity index (χ0) is 18.0. The predicted molar refractivity (Wildman–Crippen MR) is 113 cm³/mol. The smallest absolute Gasteiger partial charge is 0.166 e. The van der Waals surface area contributed by atoms with Crippen LogP contribution in [0.3, 0.4) is 0 Å². The molecule has 4 heteroatoms. The normalized spacial score (nSPS) is 14.1. The first-order valence-electron chi connectivity index (χ1n) is 8.84. The Bertz CT molecular complexity index is 653. The van der Waals surface area contributed by atoms with E-state index in [1.165, 1.54) is 27.5 Å². The van der Waals surface area contributed by atoms with Crippen LogP contribution in [0.25, 0.3) is 0 Å². The maximum Gasteiger partial charge on any atom is 0.166 e. The SMILES string of the molecule is OSN1CCCC1.c1ccc([S+](c2ccccc2)c2ccccc2)cc1. The predicted octanol–water partition coefficient (Wildman–Crippen LogP) is 5.99. The molecule has 0 aromatic heterocycles. The van der Waals surface area contributed by atoms with Crippen molar-refractivity contribution >= 4 is 23.1 Å². The van der Waals surface area contributed by atoms with Crippen LogP contribution in [0.5, 0.6) is 0 Å². The molecule has 3 aromatic carbocycles. The van der Waals surface area contributed by atoms with Gasteiger partial charge < -0.3 is 4.55 Å². The molecule has 0 bridgehead atoms. The van der Waals surface area contributed by atoms with Gasteiger partial charge in [0.05, 0.1) is 23.1 Å². The molecule has 2 nitrogen and oxygen atoms in total. The van der Waals surface area contributed by atoms with Crippen LogP contribution in [0.15, 0.2) is 106 Å². The summed E-state index contributed by atoms with van der Waals surface area (Å²) in [7, 11) is -0.0146. The van der Waals surface area contributed by atoms with Crippen LogP contribution < -0.4 is 0 Å². The fourth-order valence-electron chi connectivity index (χ4n) is 2.85. The highest BCUT2D eigenvalue weighted by Crippen LogP contribution is 2.30. The summed E-state index contributed by atoms with van der Waals surface area (Å²) in [5.74, 6) is 0. The zero-order valence-electron chi connectivity index (χ0n) is 14.7. The Hall–Kier alpha value is -1.72. The minimum absolute atomic E-state index is 0.0146. The monoisotopic (exact) mass is 382 g/mol. The molecule has 0 radical (unpaired) electrons. The molecular weight excluding hydrogens is 358 g/mol. The first kappa shape index (κ1) is 19.1. The van der Waals surface area contributed by atoms with Gasteiger partial charge in [0.25, 0.3) is 0 Å². The average Bonchev–Trinajstić information content (AvgIpc) is 3.25. The molecule has 4 rings (SSSR count). The third kappa shape index (κ3) is 5.39. The molecule has 1 aliphatic heterocycles. The largest absolute Gasteiger partial charge is 0.317 e. The second-order valence-corrected chi connectivity index (χ2v) is 8.67. The van der Waals surface area contributed by atoms with E-state index in [0.717, 1.165) is 25.3 Å². The molecule has 1 N–H and O–H groups in total. The van der Waals surface area contributed by atoms with E-state index in [4.69, 9.17) is 4.55 Å². The van der Waals surface area contributed by atoms with E-state index in [1.807, 2.05) is 4.31 Å². The summed E-state index contributed by atoms with van der Waals surface area (Å²) >= 11 is 0.866. The lowest BCUT2D eigenvalue weighted by Crippen LogP contribution is -2.07. The van der Waals surface area contributed by atoms with Crippen molar-refractivity contribution in [1.29, 1.82) is 0 Å². The lowest BCUT2D eigenvalue weighted by atomic mass is 10.4. The lowest BCUT2D eigenvalue weighted by molar-refractivity contribution is 0.521. The van der Waals surface area contributed by atoms with Gasteiger partial charge in [-0.25, -0.2) is 4.31 Å². The van der Waals surface area contributed by atoms with Gasteiger partial charge in [0.15, 0.2) is 14.7 Å². The number of hydrogen-bond acceptors (Lipinski definition) is 3. The van der Waals surface area contributed by atoms with Crippen LogP contribution in [0.1, 0.15) is 12.8 Å². The Morgan fingerprint density at radius 2 is 0.962 bits per heavy atom. The summed E-state index contributed by atoms with van der Waals surface area (Å²) in [4.78, 5) is 4.08. The van der Waals surface area contributed by atoms with E-state index in [1.54, 1.807) is 0 Å². The molecule has 1 aliphatic rings. The van der Waals surface area contributed by atoms with Crippen molar-refractivity contribution < 1.29 is 4.55 Å². The van der Waals surface area contributed by atoms with Crippen molar-refractivity contribution in [2.45, 2.75) is 27.5 Å². The van der Waals surface area contributed by atoms with Crippen molar-refractivity contribution in [3.8, 4) is 0 Å². The van der Waals surface area contributed by atoms with E-state index in [9.17, 15) is 0 Å². The summed E-state index contributed by atoms with van der Waals surface area (Å²) in [5, 5.41) is 0. The minimum atomic E-state index is -0.0146. The average molecular weight is 383 g/mol. The number of benzene rings is 3. The van der Waals surface area contributed by atoms with E-state index in [0.29, 0.717) is 0 Å². The van der Waals surface area contributed by atoms with Gasteiger partial charge in [0.2, 0.25) is 0 Å². The Labute approximate surface area is 163 Å². The number of nitrogens with zero attached hydrogens (tertiary/aromatic N) is 1. The summed E-state index contributed by atoms with van der Waals surface area (Å²) < 4.78 is 10.4. The Morgan fingerprint density at radius 3 is 1.23 bits per heavy atom. The quantitative estimate of drug-likeness (QED) is 0.341. The zero-order valence-corrected chi connectivity index (χ0v) is 16.3. The highest BCUT2D eigenvalue weighted by Gasteiger charge is 2.27. The van der Waals surface area contributed by atoms with Gasteiger partial charge in [-0.15, -0.1) is 0 Å². The molecule has 0 spiro atoms. The highest BCUT2D eigenvalue weighted by atomic mass is 32.2. The molecule has 134 valence electrons. The third-order valence-corrected chi connectivity index (χ3v) is 6.94. The van der Waals surface area contributed by atoms with Gasteiger partial charge in [0, 0.05) is 13.1 Å². The third-order valence-electron chi connectivity index (χ3n) is 4.12. The maximum absolute atomic E-state index is 8.41. The lowest BCUT2D eigenvalue weighted by Gasteiger charge is -2.07. The molecule has 0 aliphatic carbocycles. The fourth-order valence-corrected chi connectivity index (χ4v) is 5.37. The molecule has 3 aromatic rings.